The minimum absolute atomic E-state index is 0.112. The molecule has 0 aliphatic heterocycles. The Morgan fingerprint density at radius 3 is 2.35 bits per heavy atom. The molecule has 0 saturated carbocycles. The zero-order chi connectivity index (χ0) is 16.6. The summed E-state index contributed by atoms with van der Waals surface area (Å²) in [4.78, 5) is 0. The van der Waals surface area contributed by atoms with E-state index in [4.69, 9.17) is 32.5 Å². The molecule has 2 aromatic carbocycles. The third kappa shape index (κ3) is 3.70. The Bertz CT molecular complexity index is 839. The highest BCUT2D eigenvalue weighted by Crippen LogP contribution is 2.43. The minimum Gasteiger partial charge on any atom is -0.250 e. The van der Waals surface area contributed by atoms with Gasteiger partial charge in [0.1, 0.15) is 6.10 Å². The highest BCUT2D eigenvalue weighted by Gasteiger charge is 2.30. The van der Waals surface area contributed by atoms with Crippen LogP contribution in [0.25, 0.3) is 0 Å². The molecule has 0 spiro atoms. The molecule has 1 aliphatic carbocycles. The molecule has 0 heterocycles. The summed E-state index contributed by atoms with van der Waals surface area (Å²) in [6, 6.07) is 13.2. The number of halogens is 2. The molecule has 0 saturated heterocycles. The molecular weight excluding hydrogens is 357 g/mol. The van der Waals surface area contributed by atoms with Crippen LogP contribution in [0.3, 0.4) is 0 Å². The Hall–Kier alpha value is -1.11. The molecule has 0 bridgehead atoms. The summed E-state index contributed by atoms with van der Waals surface area (Å²) in [6.07, 6.45) is 0.730. The van der Waals surface area contributed by atoms with Crippen molar-refractivity contribution in [3.8, 4) is 0 Å². The lowest BCUT2D eigenvalue weighted by atomic mass is 9.78. The average Bonchev–Trinajstić information content (AvgIpc) is 2.49. The number of hydrogen-bond donors (Lipinski definition) is 1. The fourth-order valence-corrected chi connectivity index (χ4v) is 3.92. The lowest BCUT2D eigenvalue weighted by molar-refractivity contribution is 0.187. The molecule has 3 rings (SSSR count). The van der Waals surface area contributed by atoms with Crippen LogP contribution >= 0.6 is 23.2 Å². The average molecular weight is 372 g/mol. The third-order valence-corrected chi connectivity index (χ3v) is 5.27. The largest absolute Gasteiger partial charge is 0.333 e. The number of nitrogens with two attached hydrogens (primary N) is 1. The van der Waals surface area contributed by atoms with Gasteiger partial charge in [-0.1, -0.05) is 53.5 Å². The molecule has 122 valence electrons. The molecule has 4 nitrogen and oxygen atoms in total. The number of rotatable bonds is 3. The van der Waals surface area contributed by atoms with Gasteiger partial charge in [-0.2, -0.15) is 8.42 Å². The topological polar surface area (TPSA) is 69.4 Å². The summed E-state index contributed by atoms with van der Waals surface area (Å²) in [6.45, 7) is 0. The Balaban J connectivity index is 2.01. The van der Waals surface area contributed by atoms with Crippen molar-refractivity contribution in [2.24, 2.45) is 5.14 Å². The van der Waals surface area contributed by atoms with E-state index in [0.29, 0.717) is 16.5 Å². The van der Waals surface area contributed by atoms with E-state index >= 15 is 0 Å². The zero-order valence-electron chi connectivity index (χ0n) is 12.1. The summed E-state index contributed by atoms with van der Waals surface area (Å²) < 4.78 is 27.6. The SMILES string of the molecule is NS(=O)(=O)OC1CCC(c2ccc(Cl)c(Cl)c2)c2ccccc21. The minimum atomic E-state index is -4.00. The Morgan fingerprint density at radius 2 is 1.70 bits per heavy atom. The lowest BCUT2D eigenvalue weighted by Gasteiger charge is -2.31. The van der Waals surface area contributed by atoms with Crippen LogP contribution in [0, 0.1) is 0 Å². The van der Waals surface area contributed by atoms with Crippen molar-refractivity contribution in [2.75, 3.05) is 0 Å². The number of hydrogen-bond acceptors (Lipinski definition) is 3. The number of benzene rings is 2. The molecule has 0 amide bonds. The van der Waals surface area contributed by atoms with E-state index in [-0.39, 0.29) is 5.92 Å². The lowest BCUT2D eigenvalue weighted by Crippen LogP contribution is -2.24. The second kappa shape index (κ2) is 6.42. The maximum Gasteiger partial charge on any atom is 0.333 e. The fourth-order valence-electron chi connectivity index (χ4n) is 3.09. The van der Waals surface area contributed by atoms with Crippen LogP contribution in [0.5, 0.6) is 0 Å². The first-order chi connectivity index (χ1) is 10.8. The van der Waals surface area contributed by atoms with Gasteiger partial charge in [0.05, 0.1) is 10.0 Å². The zero-order valence-corrected chi connectivity index (χ0v) is 14.4. The van der Waals surface area contributed by atoms with Crippen molar-refractivity contribution >= 4 is 33.5 Å². The van der Waals surface area contributed by atoms with Gasteiger partial charge in [0.25, 0.3) is 0 Å². The van der Waals surface area contributed by atoms with E-state index in [0.717, 1.165) is 23.1 Å². The standard InChI is InChI=1S/C16H15Cl2NO3S/c17-14-7-5-10(9-15(14)18)11-6-8-16(22-23(19,20)21)13-4-2-1-3-12(11)13/h1-5,7,9,11,16H,6,8H2,(H2,19,20,21). The number of fused-ring (bicyclic) bond motifs is 1. The molecule has 0 fully saturated rings. The first kappa shape index (κ1) is 16.7. The Kier molecular flexibility index (Phi) is 4.67. The van der Waals surface area contributed by atoms with Crippen molar-refractivity contribution in [3.63, 3.8) is 0 Å². The van der Waals surface area contributed by atoms with Crippen LogP contribution in [0.15, 0.2) is 42.5 Å². The van der Waals surface area contributed by atoms with Crippen molar-refractivity contribution in [2.45, 2.75) is 24.9 Å². The predicted octanol–water partition coefficient (Wildman–Crippen LogP) is 4.18. The predicted molar refractivity (Wildman–Crippen MR) is 90.9 cm³/mol. The molecule has 2 N–H and O–H groups in total. The normalized spacial score (nSPS) is 21.0. The van der Waals surface area contributed by atoms with Crippen LogP contribution in [0.1, 0.15) is 41.6 Å². The maximum atomic E-state index is 11.3. The van der Waals surface area contributed by atoms with Crippen molar-refractivity contribution in [1.82, 2.24) is 0 Å². The van der Waals surface area contributed by atoms with Gasteiger partial charge in [-0.3, -0.25) is 4.18 Å². The van der Waals surface area contributed by atoms with E-state index in [1.165, 1.54) is 0 Å². The third-order valence-electron chi connectivity index (χ3n) is 4.03. The molecule has 2 atom stereocenters. The molecular formula is C16H15Cl2NO3S. The molecule has 23 heavy (non-hydrogen) atoms. The van der Waals surface area contributed by atoms with E-state index in [2.05, 4.69) is 0 Å². The van der Waals surface area contributed by atoms with Gasteiger partial charge in [0, 0.05) is 5.92 Å². The van der Waals surface area contributed by atoms with Crippen LogP contribution < -0.4 is 5.14 Å². The Morgan fingerprint density at radius 1 is 1.00 bits per heavy atom. The molecule has 0 aromatic heterocycles. The molecule has 0 radical (unpaired) electrons. The van der Waals surface area contributed by atoms with Gasteiger partial charge >= 0.3 is 10.3 Å². The van der Waals surface area contributed by atoms with Crippen LogP contribution in [-0.4, -0.2) is 8.42 Å². The van der Waals surface area contributed by atoms with Crippen molar-refractivity contribution in [1.29, 1.82) is 0 Å². The van der Waals surface area contributed by atoms with E-state index in [1.54, 1.807) is 6.07 Å². The smallest absolute Gasteiger partial charge is 0.250 e. The van der Waals surface area contributed by atoms with E-state index in [9.17, 15) is 8.42 Å². The first-order valence-corrected chi connectivity index (χ1v) is 9.32. The highest BCUT2D eigenvalue weighted by atomic mass is 35.5. The van der Waals surface area contributed by atoms with Gasteiger partial charge in [-0.15, -0.1) is 0 Å². The molecule has 7 heteroatoms. The summed E-state index contributed by atoms with van der Waals surface area (Å²) in [5.41, 5.74) is 2.90. The highest BCUT2D eigenvalue weighted by molar-refractivity contribution is 7.84. The quantitative estimate of drug-likeness (QED) is 0.879. The van der Waals surface area contributed by atoms with Gasteiger partial charge in [-0.25, -0.2) is 5.14 Å². The van der Waals surface area contributed by atoms with Crippen LogP contribution in [0.2, 0.25) is 10.0 Å². The summed E-state index contributed by atoms with van der Waals surface area (Å²) >= 11 is 12.1. The first-order valence-electron chi connectivity index (χ1n) is 7.10. The monoisotopic (exact) mass is 371 g/mol. The van der Waals surface area contributed by atoms with Gasteiger partial charge < -0.3 is 0 Å². The summed E-state index contributed by atoms with van der Waals surface area (Å²) in [7, 11) is -4.00. The van der Waals surface area contributed by atoms with Gasteiger partial charge in [-0.05, 0) is 41.7 Å². The van der Waals surface area contributed by atoms with E-state index < -0.39 is 16.4 Å². The van der Waals surface area contributed by atoms with Crippen molar-refractivity contribution < 1.29 is 12.6 Å². The fraction of sp³-hybridized carbons (Fsp3) is 0.250. The van der Waals surface area contributed by atoms with Gasteiger partial charge in [0.15, 0.2) is 0 Å². The molecule has 1 aliphatic rings. The Labute approximate surface area is 145 Å². The second-order valence-electron chi connectivity index (χ2n) is 5.51. The molecule has 2 unspecified atom stereocenters. The maximum absolute atomic E-state index is 11.3. The van der Waals surface area contributed by atoms with Crippen LogP contribution in [0.4, 0.5) is 0 Å². The molecule has 2 aromatic rings. The van der Waals surface area contributed by atoms with Gasteiger partial charge in [0.2, 0.25) is 0 Å². The second-order valence-corrected chi connectivity index (χ2v) is 7.50. The summed E-state index contributed by atoms with van der Waals surface area (Å²) in [5, 5.41) is 6.04. The van der Waals surface area contributed by atoms with E-state index in [1.807, 2.05) is 36.4 Å². The summed E-state index contributed by atoms with van der Waals surface area (Å²) in [5.74, 6) is 0.112. The van der Waals surface area contributed by atoms with Crippen LogP contribution in [-0.2, 0) is 14.5 Å². The van der Waals surface area contributed by atoms with Crippen molar-refractivity contribution in [3.05, 3.63) is 69.2 Å².